The van der Waals surface area contributed by atoms with Crippen LogP contribution in [0.25, 0.3) is 0 Å². The number of nitrogens with one attached hydrogen (secondary N) is 1. The second-order valence-corrected chi connectivity index (χ2v) is 5.08. The molecule has 0 aliphatic carbocycles. The van der Waals surface area contributed by atoms with Crippen molar-refractivity contribution in [3.8, 4) is 0 Å². The first-order chi connectivity index (χ1) is 7.50. The van der Waals surface area contributed by atoms with Crippen LogP contribution in [0.1, 0.15) is 24.2 Å². The molecule has 0 heterocycles. The van der Waals surface area contributed by atoms with E-state index in [1.807, 2.05) is 13.8 Å². The lowest BCUT2D eigenvalue weighted by molar-refractivity contribution is 0.0209. The molecule has 0 saturated heterocycles. The van der Waals surface area contributed by atoms with Gasteiger partial charge >= 0.3 is 0 Å². The molecule has 1 amide bonds. The molecule has 0 fully saturated rings. The Hall–Kier alpha value is -0.580. The number of hydrogen-bond donors (Lipinski definition) is 1. The van der Waals surface area contributed by atoms with E-state index >= 15 is 0 Å². The Kier molecular flexibility index (Phi) is 5.25. The van der Waals surface area contributed by atoms with Crippen LogP contribution in [0, 0.1) is 5.92 Å². The van der Waals surface area contributed by atoms with Crippen LogP contribution in [0.3, 0.4) is 0 Å². The van der Waals surface area contributed by atoms with Gasteiger partial charge in [0.2, 0.25) is 0 Å². The van der Waals surface area contributed by atoms with E-state index in [0.29, 0.717) is 23.1 Å². The molecule has 0 aliphatic rings. The third-order valence-corrected chi connectivity index (χ3v) is 2.56. The SMILES string of the molecule is CC(C)CONC(=O)c1ccc(Br)cc1Cl. The maximum Gasteiger partial charge on any atom is 0.276 e. The average molecular weight is 307 g/mol. The summed E-state index contributed by atoms with van der Waals surface area (Å²) < 4.78 is 0.831. The first-order valence-corrected chi connectivity index (χ1v) is 6.05. The second kappa shape index (κ2) is 6.23. The summed E-state index contributed by atoms with van der Waals surface area (Å²) >= 11 is 9.19. The predicted octanol–water partition coefficient (Wildman–Crippen LogP) is 3.42. The molecular formula is C11H13BrClNO2. The standard InChI is InChI=1S/C11H13BrClNO2/c1-7(2)6-16-14-11(15)9-4-3-8(12)5-10(9)13/h3-5,7H,6H2,1-2H3,(H,14,15). The number of hydroxylamine groups is 1. The summed E-state index contributed by atoms with van der Waals surface area (Å²) in [6.07, 6.45) is 0. The van der Waals surface area contributed by atoms with Crippen molar-refractivity contribution in [2.75, 3.05) is 6.61 Å². The highest BCUT2D eigenvalue weighted by Gasteiger charge is 2.10. The van der Waals surface area contributed by atoms with E-state index in [-0.39, 0.29) is 5.91 Å². The maximum atomic E-state index is 11.6. The normalized spacial score (nSPS) is 10.6. The van der Waals surface area contributed by atoms with E-state index in [4.69, 9.17) is 16.4 Å². The van der Waals surface area contributed by atoms with Crippen LogP contribution < -0.4 is 5.48 Å². The Bertz CT molecular complexity index is 382. The number of hydrogen-bond acceptors (Lipinski definition) is 2. The van der Waals surface area contributed by atoms with E-state index in [2.05, 4.69) is 21.4 Å². The van der Waals surface area contributed by atoms with Crippen molar-refractivity contribution in [1.29, 1.82) is 0 Å². The van der Waals surface area contributed by atoms with Crippen LogP contribution in [-0.2, 0) is 4.84 Å². The summed E-state index contributed by atoms with van der Waals surface area (Å²) in [4.78, 5) is 16.6. The van der Waals surface area contributed by atoms with Crippen molar-refractivity contribution in [3.63, 3.8) is 0 Å². The van der Waals surface area contributed by atoms with Gasteiger partial charge in [0.05, 0.1) is 17.2 Å². The second-order valence-electron chi connectivity index (χ2n) is 3.76. The highest BCUT2D eigenvalue weighted by molar-refractivity contribution is 9.10. The Morgan fingerprint density at radius 2 is 2.25 bits per heavy atom. The number of amides is 1. The fourth-order valence-corrected chi connectivity index (χ4v) is 1.76. The Morgan fingerprint density at radius 3 is 2.81 bits per heavy atom. The van der Waals surface area contributed by atoms with Gasteiger partial charge in [-0.1, -0.05) is 41.4 Å². The van der Waals surface area contributed by atoms with Crippen LogP contribution in [-0.4, -0.2) is 12.5 Å². The Morgan fingerprint density at radius 1 is 1.56 bits per heavy atom. The van der Waals surface area contributed by atoms with Crippen molar-refractivity contribution < 1.29 is 9.63 Å². The van der Waals surface area contributed by atoms with Crippen molar-refractivity contribution in [1.82, 2.24) is 5.48 Å². The van der Waals surface area contributed by atoms with Gasteiger partial charge in [-0.3, -0.25) is 9.63 Å². The van der Waals surface area contributed by atoms with Gasteiger partial charge in [-0.2, -0.15) is 0 Å². The van der Waals surface area contributed by atoms with Crippen LogP contribution in [0.5, 0.6) is 0 Å². The van der Waals surface area contributed by atoms with Crippen molar-refractivity contribution in [2.45, 2.75) is 13.8 Å². The molecule has 16 heavy (non-hydrogen) atoms. The van der Waals surface area contributed by atoms with E-state index < -0.39 is 0 Å². The van der Waals surface area contributed by atoms with Crippen molar-refractivity contribution in [2.24, 2.45) is 5.92 Å². The summed E-state index contributed by atoms with van der Waals surface area (Å²) in [6.45, 7) is 4.47. The van der Waals surface area contributed by atoms with Gasteiger partial charge in [0.1, 0.15) is 0 Å². The molecule has 88 valence electrons. The molecule has 1 N–H and O–H groups in total. The highest BCUT2D eigenvalue weighted by Crippen LogP contribution is 2.21. The Labute approximate surface area is 108 Å². The first kappa shape index (κ1) is 13.5. The lowest BCUT2D eigenvalue weighted by atomic mass is 10.2. The zero-order valence-electron chi connectivity index (χ0n) is 9.09. The smallest absolute Gasteiger partial charge is 0.273 e. The Balaban J connectivity index is 2.59. The predicted molar refractivity (Wildman–Crippen MR) is 67.4 cm³/mol. The summed E-state index contributed by atoms with van der Waals surface area (Å²) in [5.74, 6) is 0.0267. The number of carbonyl (C=O) groups is 1. The molecule has 0 aliphatic heterocycles. The molecule has 0 spiro atoms. The van der Waals surface area contributed by atoms with Crippen molar-refractivity contribution >= 4 is 33.4 Å². The number of benzene rings is 1. The number of rotatable bonds is 4. The zero-order valence-corrected chi connectivity index (χ0v) is 11.4. The highest BCUT2D eigenvalue weighted by atomic mass is 79.9. The molecule has 0 bridgehead atoms. The topological polar surface area (TPSA) is 38.3 Å². The van der Waals surface area contributed by atoms with Crippen molar-refractivity contribution in [3.05, 3.63) is 33.3 Å². The van der Waals surface area contributed by atoms with Gasteiger partial charge in [0.25, 0.3) is 5.91 Å². The number of halogens is 2. The van der Waals surface area contributed by atoms with Gasteiger partial charge in [-0.15, -0.1) is 0 Å². The lowest BCUT2D eigenvalue weighted by Crippen LogP contribution is -2.25. The molecule has 0 aromatic heterocycles. The lowest BCUT2D eigenvalue weighted by Gasteiger charge is -2.08. The van der Waals surface area contributed by atoms with Gasteiger partial charge in [0.15, 0.2) is 0 Å². The fraction of sp³-hybridized carbons (Fsp3) is 0.364. The van der Waals surface area contributed by atoms with Crippen LogP contribution in [0.4, 0.5) is 0 Å². The minimum Gasteiger partial charge on any atom is -0.273 e. The quantitative estimate of drug-likeness (QED) is 0.866. The van der Waals surface area contributed by atoms with E-state index in [1.165, 1.54) is 0 Å². The minimum atomic E-state index is -0.335. The molecule has 0 radical (unpaired) electrons. The fourth-order valence-electron chi connectivity index (χ4n) is 1.00. The summed E-state index contributed by atoms with van der Waals surface area (Å²) in [5.41, 5.74) is 2.75. The summed E-state index contributed by atoms with van der Waals surface area (Å²) in [5, 5.41) is 0.389. The van der Waals surface area contributed by atoms with Gasteiger partial charge in [-0.25, -0.2) is 5.48 Å². The molecule has 1 aromatic carbocycles. The summed E-state index contributed by atoms with van der Waals surface area (Å²) in [6, 6.07) is 5.06. The summed E-state index contributed by atoms with van der Waals surface area (Å²) in [7, 11) is 0. The number of carbonyl (C=O) groups excluding carboxylic acids is 1. The third-order valence-electron chi connectivity index (χ3n) is 1.76. The monoisotopic (exact) mass is 305 g/mol. The molecule has 0 saturated carbocycles. The molecule has 1 aromatic rings. The van der Waals surface area contributed by atoms with Gasteiger partial charge in [-0.05, 0) is 24.1 Å². The molecule has 0 atom stereocenters. The molecule has 3 nitrogen and oxygen atoms in total. The zero-order chi connectivity index (χ0) is 12.1. The first-order valence-electron chi connectivity index (χ1n) is 4.88. The van der Waals surface area contributed by atoms with Crippen LogP contribution in [0.15, 0.2) is 22.7 Å². The van der Waals surface area contributed by atoms with Gasteiger partial charge in [0, 0.05) is 4.47 Å². The third kappa shape index (κ3) is 4.12. The molecule has 1 rings (SSSR count). The minimum absolute atomic E-state index is 0.335. The molecular weight excluding hydrogens is 293 g/mol. The van der Waals surface area contributed by atoms with Gasteiger partial charge < -0.3 is 0 Å². The average Bonchev–Trinajstić information content (AvgIpc) is 2.16. The molecule has 0 unspecified atom stereocenters. The molecule has 5 heteroatoms. The largest absolute Gasteiger partial charge is 0.276 e. The van der Waals surface area contributed by atoms with E-state index in [0.717, 1.165) is 4.47 Å². The maximum absolute atomic E-state index is 11.6. The van der Waals surface area contributed by atoms with Crippen LogP contribution in [0.2, 0.25) is 5.02 Å². The van der Waals surface area contributed by atoms with E-state index in [9.17, 15) is 4.79 Å². The van der Waals surface area contributed by atoms with E-state index in [1.54, 1.807) is 18.2 Å². The van der Waals surface area contributed by atoms with Crippen LogP contribution >= 0.6 is 27.5 Å².